The molecule has 0 fully saturated rings. The molecule has 2 N–H and O–H groups in total. The molecule has 0 aliphatic rings. The number of aromatic nitrogens is 2. The second-order valence-electron chi connectivity index (χ2n) is 3.96. The van der Waals surface area contributed by atoms with Crippen molar-refractivity contribution in [3.63, 3.8) is 0 Å². The van der Waals surface area contributed by atoms with E-state index >= 15 is 0 Å². The molecule has 7 heteroatoms. The molecule has 2 aromatic rings. The zero-order chi connectivity index (χ0) is 13.8. The molecule has 0 atom stereocenters. The van der Waals surface area contributed by atoms with Gasteiger partial charge in [0.2, 0.25) is 5.89 Å². The highest BCUT2D eigenvalue weighted by molar-refractivity contribution is 5.87. The molecule has 0 aliphatic carbocycles. The highest BCUT2D eigenvalue weighted by atomic mass is 19.1. The number of aryl methyl sites for hydroxylation is 1. The van der Waals surface area contributed by atoms with Crippen molar-refractivity contribution < 1.29 is 18.8 Å². The Morgan fingerprint density at radius 2 is 2.26 bits per heavy atom. The van der Waals surface area contributed by atoms with Crippen molar-refractivity contribution in [1.29, 1.82) is 0 Å². The third-order valence-corrected chi connectivity index (χ3v) is 2.44. The van der Waals surface area contributed by atoms with E-state index in [0.717, 1.165) is 0 Å². The van der Waals surface area contributed by atoms with Gasteiger partial charge in [0.1, 0.15) is 5.82 Å². The Labute approximate surface area is 108 Å². The van der Waals surface area contributed by atoms with E-state index in [4.69, 9.17) is 9.63 Å². The fourth-order valence-electron chi connectivity index (χ4n) is 1.57. The van der Waals surface area contributed by atoms with Gasteiger partial charge in [-0.05, 0) is 24.6 Å². The topological polar surface area (TPSA) is 88.2 Å². The van der Waals surface area contributed by atoms with Crippen molar-refractivity contribution >= 4 is 5.97 Å². The van der Waals surface area contributed by atoms with Gasteiger partial charge in [0.05, 0.1) is 12.1 Å². The van der Waals surface area contributed by atoms with Crippen molar-refractivity contribution in [1.82, 2.24) is 15.5 Å². The van der Waals surface area contributed by atoms with Crippen LogP contribution in [0.4, 0.5) is 4.39 Å². The van der Waals surface area contributed by atoms with Gasteiger partial charge in [-0.3, -0.25) is 0 Å². The smallest absolute Gasteiger partial charge is 0.338 e. The van der Waals surface area contributed by atoms with E-state index in [1.807, 2.05) is 0 Å². The molecule has 0 aliphatic heterocycles. The lowest BCUT2D eigenvalue weighted by molar-refractivity contribution is 0.0692. The van der Waals surface area contributed by atoms with E-state index in [-0.39, 0.29) is 5.56 Å². The summed E-state index contributed by atoms with van der Waals surface area (Å²) in [6.07, 6.45) is 0. The third kappa shape index (κ3) is 3.35. The van der Waals surface area contributed by atoms with Crippen LogP contribution < -0.4 is 5.32 Å². The lowest BCUT2D eigenvalue weighted by Crippen LogP contribution is -2.13. The molecular formula is C12H12FN3O3. The Kier molecular flexibility index (Phi) is 3.86. The summed E-state index contributed by atoms with van der Waals surface area (Å²) < 4.78 is 18.3. The number of carbonyl (C=O) groups is 1. The molecule has 19 heavy (non-hydrogen) atoms. The van der Waals surface area contributed by atoms with Gasteiger partial charge in [-0.1, -0.05) is 11.2 Å². The van der Waals surface area contributed by atoms with Crippen molar-refractivity contribution in [2.24, 2.45) is 0 Å². The van der Waals surface area contributed by atoms with Gasteiger partial charge < -0.3 is 14.9 Å². The van der Waals surface area contributed by atoms with Crippen LogP contribution in [-0.2, 0) is 13.1 Å². The molecule has 0 saturated heterocycles. The highest BCUT2D eigenvalue weighted by Crippen LogP contribution is 2.10. The van der Waals surface area contributed by atoms with Crippen molar-refractivity contribution in [3.8, 4) is 0 Å². The maximum absolute atomic E-state index is 13.4. The Hall–Kier alpha value is -2.28. The maximum Gasteiger partial charge on any atom is 0.338 e. The lowest BCUT2D eigenvalue weighted by Gasteiger charge is -2.04. The van der Waals surface area contributed by atoms with Crippen LogP contribution in [0.5, 0.6) is 0 Å². The first-order chi connectivity index (χ1) is 9.06. The summed E-state index contributed by atoms with van der Waals surface area (Å²) in [6, 6.07) is 3.99. The van der Waals surface area contributed by atoms with E-state index in [1.54, 1.807) is 13.0 Å². The molecule has 2 rings (SSSR count). The van der Waals surface area contributed by atoms with Crippen LogP contribution in [0.25, 0.3) is 0 Å². The Bertz CT molecular complexity index is 598. The Morgan fingerprint density at radius 1 is 1.47 bits per heavy atom. The van der Waals surface area contributed by atoms with Crippen molar-refractivity contribution in [2.75, 3.05) is 0 Å². The third-order valence-electron chi connectivity index (χ3n) is 2.44. The van der Waals surface area contributed by atoms with Crippen LogP contribution in [0, 0.1) is 12.7 Å². The average molecular weight is 265 g/mol. The molecule has 1 aromatic carbocycles. The SMILES string of the molecule is Cc1noc(CNCc2ccc(C(=O)O)c(F)c2)n1. The minimum atomic E-state index is -1.28. The predicted molar refractivity (Wildman–Crippen MR) is 62.9 cm³/mol. The normalized spacial score (nSPS) is 10.6. The molecule has 1 heterocycles. The average Bonchev–Trinajstić information content (AvgIpc) is 2.75. The summed E-state index contributed by atoms with van der Waals surface area (Å²) in [6.45, 7) is 2.45. The molecule has 0 amide bonds. The molecular weight excluding hydrogens is 253 g/mol. The summed E-state index contributed by atoms with van der Waals surface area (Å²) in [7, 11) is 0. The molecule has 100 valence electrons. The fraction of sp³-hybridized carbons (Fsp3) is 0.250. The number of benzene rings is 1. The first kappa shape index (κ1) is 13.2. The van der Waals surface area contributed by atoms with Crippen molar-refractivity contribution in [2.45, 2.75) is 20.0 Å². The second kappa shape index (κ2) is 5.57. The summed E-state index contributed by atoms with van der Waals surface area (Å²) in [4.78, 5) is 14.7. The minimum Gasteiger partial charge on any atom is -0.478 e. The van der Waals surface area contributed by atoms with E-state index in [9.17, 15) is 9.18 Å². The Balaban J connectivity index is 1.93. The summed E-state index contributed by atoms with van der Waals surface area (Å²) >= 11 is 0. The molecule has 6 nitrogen and oxygen atoms in total. The molecule has 0 spiro atoms. The first-order valence-corrected chi connectivity index (χ1v) is 5.58. The van der Waals surface area contributed by atoms with E-state index in [1.165, 1.54) is 12.1 Å². The van der Waals surface area contributed by atoms with Crippen LogP contribution in [-0.4, -0.2) is 21.2 Å². The number of aromatic carboxylic acids is 1. The maximum atomic E-state index is 13.4. The monoisotopic (exact) mass is 265 g/mol. The standard InChI is InChI=1S/C12H12FN3O3/c1-7-15-11(19-16-7)6-14-5-8-2-3-9(12(17)18)10(13)4-8/h2-4,14H,5-6H2,1H3,(H,17,18). The van der Waals surface area contributed by atoms with Gasteiger partial charge in [-0.15, -0.1) is 0 Å². The predicted octanol–water partition coefficient (Wildman–Crippen LogP) is 1.51. The van der Waals surface area contributed by atoms with E-state index < -0.39 is 11.8 Å². The van der Waals surface area contributed by atoms with Gasteiger partial charge in [0.25, 0.3) is 0 Å². The summed E-state index contributed by atoms with van der Waals surface area (Å²) in [5.74, 6) is -1.03. The van der Waals surface area contributed by atoms with Gasteiger partial charge in [0, 0.05) is 6.54 Å². The first-order valence-electron chi connectivity index (χ1n) is 5.58. The summed E-state index contributed by atoms with van der Waals surface area (Å²) in [5.41, 5.74) is 0.301. The lowest BCUT2D eigenvalue weighted by atomic mass is 10.1. The van der Waals surface area contributed by atoms with Crippen LogP contribution in [0.15, 0.2) is 22.7 Å². The number of nitrogens with one attached hydrogen (secondary N) is 1. The second-order valence-corrected chi connectivity index (χ2v) is 3.96. The largest absolute Gasteiger partial charge is 0.478 e. The van der Waals surface area contributed by atoms with Crippen LogP contribution in [0.2, 0.25) is 0 Å². The van der Waals surface area contributed by atoms with Crippen LogP contribution in [0.3, 0.4) is 0 Å². The molecule has 0 unspecified atom stereocenters. The van der Waals surface area contributed by atoms with Crippen LogP contribution >= 0.6 is 0 Å². The van der Waals surface area contributed by atoms with Gasteiger partial charge in [-0.2, -0.15) is 4.98 Å². The molecule has 0 radical (unpaired) electrons. The number of rotatable bonds is 5. The zero-order valence-electron chi connectivity index (χ0n) is 10.2. The fourth-order valence-corrected chi connectivity index (χ4v) is 1.57. The quantitative estimate of drug-likeness (QED) is 0.851. The van der Waals surface area contributed by atoms with Gasteiger partial charge >= 0.3 is 5.97 Å². The molecule has 1 aromatic heterocycles. The van der Waals surface area contributed by atoms with E-state index in [0.29, 0.717) is 30.4 Å². The number of hydrogen-bond acceptors (Lipinski definition) is 5. The number of halogens is 1. The van der Waals surface area contributed by atoms with E-state index in [2.05, 4.69) is 15.5 Å². The van der Waals surface area contributed by atoms with Crippen molar-refractivity contribution in [3.05, 3.63) is 46.9 Å². The minimum absolute atomic E-state index is 0.337. The molecule has 0 bridgehead atoms. The number of nitrogens with zero attached hydrogens (tertiary/aromatic N) is 2. The van der Waals surface area contributed by atoms with Crippen LogP contribution in [0.1, 0.15) is 27.6 Å². The molecule has 0 saturated carbocycles. The highest BCUT2D eigenvalue weighted by Gasteiger charge is 2.10. The zero-order valence-corrected chi connectivity index (χ0v) is 10.2. The number of hydrogen-bond donors (Lipinski definition) is 2. The number of carboxylic acids is 1. The Morgan fingerprint density at radius 3 is 2.84 bits per heavy atom. The van der Waals surface area contributed by atoms with Gasteiger partial charge in [0.15, 0.2) is 5.82 Å². The number of carboxylic acid groups (broad SMARTS) is 1. The summed E-state index contributed by atoms with van der Waals surface area (Å²) in [5, 5.41) is 15.3. The van der Waals surface area contributed by atoms with Gasteiger partial charge in [-0.25, -0.2) is 9.18 Å².